The second-order valence-electron chi connectivity index (χ2n) is 4.86. The van der Waals surface area contributed by atoms with E-state index in [0.29, 0.717) is 5.02 Å². The number of aryl methyl sites for hydroxylation is 1. The van der Waals surface area contributed by atoms with Gasteiger partial charge in [0.05, 0.1) is 18.8 Å². The molecule has 0 spiro atoms. The number of benzene rings is 2. The smallest absolute Gasteiger partial charge is 0.142 e. The lowest BCUT2D eigenvalue weighted by atomic mass is 10.0. The molecule has 0 aromatic heterocycles. The number of hydrogen-bond donors (Lipinski definition) is 1. The van der Waals surface area contributed by atoms with Crippen LogP contribution >= 0.6 is 11.6 Å². The van der Waals surface area contributed by atoms with E-state index in [-0.39, 0.29) is 6.04 Å². The van der Waals surface area contributed by atoms with Gasteiger partial charge in [-0.15, -0.1) is 0 Å². The lowest BCUT2D eigenvalue weighted by molar-refractivity contribution is 0.416. The standard InChI is InChI=1S/C17H20ClNO/c1-4-15(13-7-5-12(2)6-8-13)19-16-11-14(18)9-10-17(16)20-3/h5-11,15,19H,4H2,1-3H3. The van der Waals surface area contributed by atoms with Gasteiger partial charge in [-0.3, -0.25) is 0 Å². The zero-order chi connectivity index (χ0) is 14.5. The Hall–Kier alpha value is -1.67. The lowest BCUT2D eigenvalue weighted by Gasteiger charge is -2.21. The zero-order valence-electron chi connectivity index (χ0n) is 12.1. The molecule has 0 fully saturated rings. The minimum absolute atomic E-state index is 0.239. The van der Waals surface area contributed by atoms with Crippen molar-refractivity contribution < 1.29 is 4.74 Å². The molecule has 0 bridgehead atoms. The molecule has 3 heteroatoms. The summed E-state index contributed by atoms with van der Waals surface area (Å²) in [5.41, 5.74) is 3.46. The summed E-state index contributed by atoms with van der Waals surface area (Å²) >= 11 is 6.07. The molecule has 1 N–H and O–H groups in total. The maximum absolute atomic E-state index is 6.07. The second-order valence-corrected chi connectivity index (χ2v) is 5.30. The monoisotopic (exact) mass is 289 g/mol. The lowest BCUT2D eigenvalue weighted by Crippen LogP contribution is -2.10. The fourth-order valence-corrected chi connectivity index (χ4v) is 2.37. The average Bonchev–Trinajstić information content (AvgIpc) is 2.46. The highest BCUT2D eigenvalue weighted by Crippen LogP contribution is 2.32. The van der Waals surface area contributed by atoms with E-state index < -0.39 is 0 Å². The molecule has 2 nitrogen and oxygen atoms in total. The molecule has 0 amide bonds. The molecule has 1 unspecified atom stereocenters. The van der Waals surface area contributed by atoms with Crippen LogP contribution in [0, 0.1) is 6.92 Å². The number of nitrogens with one attached hydrogen (secondary N) is 1. The minimum atomic E-state index is 0.239. The topological polar surface area (TPSA) is 21.3 Å². The number of halogens is 1. The molecule has 0 saturated heterocycles. The predicted octanol–water partition coefficient (Wildman–Crippen LogP) is 5.22. The van der Waals surface area contributed by atoms with E-state index in [2.05, 4.69) is 43.4 Å². The van der Waals surface area contributed by atoms with Crippen molar-refractivity contribution >= 4 is 17.3 Å². The van der Waals surface area contributed by atoms with E-state index in [1.54, 1.807) is 7.11 Å². The van der Waals surface area contributed by atoms with Crippen LogP contribution in [0.1, 0.15) is 30.5 Å². The summed E-state index contributed by atoms with van der Waals surface area (Å²) in [4.78, 5) is 0. The third-order valence-electron chi connectivity index (χ3n) is 3.38. The Bertz CT molecular complexity index is 566. The summed E-state index contributed by atoms with van der Waals surface area (Å²) in [6.45, 7) is 4.26. The van der Waals surface area contributed by atoms with Crippen LogP contribution in [0.5, 0.6) is 5.75 Å². The van der Waals surface area contributed by atoms with Crippen LogP contribution in [0.4, 0.5) is 5.69 Å². The van der Waals surface area contributed by atoms with Gasteiger partial charge in [0.2, 0.25) is 0 Å². The van der Waals surface area contributed by atoms with Crippen molar-refractivity contribution in [3.63, 3.8) is 0 Å². The van der Waals surface area contributed by atoms with Gasteiger partial charge in [-0.25, -0.2) is 0 Å². The molecule has 0 aliphatic rings. The number of hydrogen-bond acceptors (Lipinski definition) is 2. The summed E-state index contributed by atoms with van der Waals surface area (Å²) < 4.78 is 5.38. The first-order valence-electron chi connectivity index (χ1n) is 6.80. The molecular weight excluding hydrogens is 270 g/mol. The summed E-state index contributed by atoms with van der Waals surface area (Å²) in [6.07, 6.45) is 0.985. The number of ether oxygens (including phenoxy) is 1. The Morgan fingerprint density at radius 1 is 1.15 bits per heavy atom. The van der Waals surface area contributed by atoms with E-state index in [9.17, 15) is 0 Å². The first kappa shape index (κ1) is 14.7. The Balaban J connectivity index is 2.26. The van der Waals surface area contributed by atoms with Crippen LogP contribution in [0.2, 0.25) is 5.02 Å². The quantitative estimate of drug-likeness (QED) is 0.815. The van der Waals surface area contributed by atoms with Crippen molar-refractivity contribution in [2.45, 2.75) is 26.3 Å². The highest BCUT2D eigenvalue weighted by molar-refractivity contribution is 6.30. The molecule has 0 radical (unpaired) electrons. The van der Waals surface area contributed by atoms with Crippen molar-refractivity contribution in [2.24, 2.45) is 0 Å². The largest absolute Gasteiger partial charge is 0.495 e. The summed E-state index contributed by atoms with van der Waals surface area (Å²) in [5.74, 6) is 0.806. The molecule has 0 saturated carbocycles. The molecule has 2 aromatic rings. The molecule has 2 aromatic carbocycles. The molecular formula is C17H20ClNO. The molecule has 0 aliphatic carbocycles. The van der Waals surface area contributed by atoms with Gasteiger partial charge in [0.15, 0.2) is 0 Å². The van der Waals surface area contributed by atoms with Crippen molar-refractivity contribution in [3.8, 4) is 5.75 Å². The van der Waals surface area contributed by atoms with Crippen molar-refractivity contribution in [1.29, 1.82) is 0 Å². The van der Waals surface area contributed by atoms with Crippen molar-refractivity contribution in [1.82, 2.24) is 0 Å². The van der Waals surface area contributed by atoms with Crippen LogP contribution in [-0.4, -0.2) is 7.11 Å². The fourth-order valence-electron chi connectivity index (χ4n) is 2.20. The SMILES string of the molecule is CCC(Nc1cc(Cl)ccc1OC)c1ccc(C)cc1. The molecule has 106 valence electrons. The van der Waals surface area contributed by atoms with Crippen LogP contribution < -0.4 is 10.1 Å². The molecule has 0 heterocycles. The third kappa shape index (κ3) is 3.45. The van der Waals surface area contributed by atoms with E-state index in [0.717, 1.165) is 17.9 Å². The minimum Gasteiger partial charge on any atom is -0.495 e. The van der Waals surface area contributed by atoms with E-state index >= 15 is 0 Å². The summed E-state index contributed by atoms with van der Waals surface area (Å²) in [7, 11) is 1.67. The highest BCUT2D eigenvalue weighted by Gasteiger charge is 2.12. The number of methoxy groups -OCH3 is 1. The van der Waals surface area contributed by atoms with Gasteiger partial charge in [-0.2, -0.15) is 0 Å². The summed E-state index contributed by atoms with van der Waals surface area (Å²) in [5, 5.41) is 4.22. The first-order valence-corrected chi connectivity index (χ1v) is 7.18. The molecule has 2 rings (SSSR count). The number of rotatable bonds is 5. The molecule has 20 heavy (non-hydrogen) atoms. The third-order valence-corrected chi connectivity index (χ3v) is 3.61. The van der Waals surface area contributed by atoms with Gasteiger partial charge in [-0.05, 0) is 37.1 Å². The van der Waals surface area contributed by atoms with E-state index in [1.165, 1.54) is 11.1 Å². The van der Waals surface area contributed by atoms with Crippen LogP contribution in [0.25, 0.3) is 0 Å². The maximum atomic E-state index is 6.07. The van der Waals surface area contributed by atoms with Crippen molar-refractivity contribution in [3.05, 3.63) is 58.6 Å². The van der Waals surface area contributed by atoms with E-state index in [4.69, 9.17) is 16.3 Å². The van der Waals surface area contributed by atoms with Gasteiger partial charge in [0.1, 0.15) is 5.75 Å². The van der Waals surface area contributed by atoms with Gasteiger partial charge in [0, 0.05) is 5.02 Å². The normalized spacial score (nSPS) is 12.0. The Morgan fingerprint density at radius 2 is 1.85 bits per heavy atom. The van der Waals surface area contributed by atoms with E-state index in [1.807, 2.05) is 18.2 Å². The van der Waals surface area contributed by atoms with Crippen LogP contribution in [0.3, 0.4) is 0 Å². The van der Waals surface area contributed by atoms with Crippen molar-refractivity contribution in [2.75, 3.05) is 12.4 Å². The van der Waals surface area contributed by atoms with Gasteiger partial charge >= 0.3 is 0 Å². The van der Waals surface area contributed by atoms with Crippen LogP contribution in [-0.2, 0) is 0 Å². The zero-order valence-corrected chi connectivity index (χ0v) is 12.9. The van der Waals surface area contributed by atoms with Gasteiger partial charge in [0.25, 0.3) is 0 Å². The maximum Gasteiger partial charge on any atom is 0.142 e. The Labute approximate surface area is 125 Å². The number of anilines is 1. The van der Waals surface area contributed by atoms with Gasteiger partial charge < -0.3 is 10.1 Å². The summed E-state index contributed by atoms with van der Waals surface area (Å²) in [6, 6.07) is 14.4. The molecule has 1 atom stereocenters. The average molecular weight is 290 g/mol. The second kappa shape index (κ2) is 6.67. The van der Waals surface area contributed by atoms with Gasteiger partial charge in [-0.1, -0.05) is 48.4 Å². The highest BCUT2D eigenvalue weighted by atomic mass is 35.5. The predicted molar refractivity (Wildman–Crippen MR) is 85.8 cm³/mol. The Kier molecular flexibility index (Phi) is 4.91. The Morgan fingerprint density at radius 3 is 2.45 bits per heavy atom. The first-order chi connectivity index (χ1) is 9.63. The fraction of sp³-hybridized carbons (Fsp3) is 0.294. The van der Waals surface area contributed by atoms with Crippen LogP contribution in [0.15, 0.2) is 42.5 Å². The molecule has 0 aliphatic heterocycles.